The Morgan fingerprint density at radius 3 is 1.59 bits per heavy atom. The van der Waals surface area contributed by atoms with Gasteiger partial charge in [-0.2, -0.15) is 0 Å². The number of aromatic nitrogens is 2. The topological polar surface area (TPSA) is 7.76 Å². The van der Waals surface area contributed by atoms with Crippen molar-refractivity contribution in [3.63, 3.8) is 0 Å². The van der Waals surface area contributed by atoms with Crippen LogP contribution in [0, 0.1) is 0 Å². The summed E-state index contributed by atoms with van der Waals surface area (Å²) >= 11 is 0. The molecule has 2 aromatic heterocycles. The van der Waals surface area contributed by atoms with Crippen LogP contribution in [0.25, 0.3) is 0 Å². The van der Waals surface area contributed by atoms with Crippen LogP contribution < -0.4 is 33.1 Å². The third-order valence-corrected chi connectivity index (χ3v) is 2.70. The standard InChI is InChI=1S/C14H18N2.HI/c1-15-9-3-5-13(11-15)7-8-14-6-4-10-16(2)12-14;/h3-6,9-12H,7-8H2,1-2H3;1H/q+2;/p-1. The molecule has 0 spiro atoms. The first-order valence-corrected chi connectivity index (χ1v) is 5.62. The Bertz CT molecular complexity index is 438. The SMILES string of the molecule is C[n+]1cccc(CCc2ccc[n+](C)c2)c1.[I-]. The van der Waals surface area contributed by atoms with Crippen LogP contribution in [-0.2, 0) is 26.9 Å². The van der Waals surface area contributed by atoms with Gasteiger partial charge in [-0.15, -0.1) is 0 Å². The smallest absolute Gasteiger partial charge is 0.171 e. The van der Waals surface area contributed by atoms with E-state index >= 15 is 0 Å². The lowest BCUT2D eigenvalue weighted by Gasteiger charge is -1.99. The van der Waals surface area contributed by atoms with Gasteiger partial charge in [0.2, 0.25) is 0 Å². The van der Waals surface area contributed by atoms with Crippen molar-refractivity contribution in [3.05, 3.63) is 60.2 Å². The summed E-state index contributed by atoms with van der Waals surface area (Å²) in [6, 6.07) is 8.56. The Labute approximate surface area is 120 Å². The number of aryl methyl sites for hydroxylation is 4. The first-order chi connectivity index (χ1) is 7.74. The van der Waals surface area contributed by atoms with E-state index in [2.05, 4.69) is 72.3 Å². The predicted octanol–water partition coefficient (Wildman–Crippen LogP) is -1.88. The Morgan fingerprint density at radius 2 is 1.24 bits per heavy atom. The maximum Gasteiger partial charge on any atom is 0.171 e. The maximum absolute atomic E-state index is 2.18. The fourth-order valence-corrected chi connectivity index (χ4v) is 1.88. The zero-order valence-electron chi connectivity index (χ0n) is 10.3. The van der Waals surface area contributed by atoms with Crippen molar-refractivity contribution in [2.75, 3.05) is 0 Å². The van der Waals surface area contributed by atoms with Crippen molar-refractivity contribution in [3.8, 4) is 0 Å². The second-order valence-corrected chi connectivity index (χ2v) is 4.26. The number of hydrogen-bond donors (Lipinski definition) is 0. The zero-order valence-corrected chi connectivity index (χ0v) is 12.5. The van der Waals surface area contributed by atoms with Crippen molar-refractivity contribution in [2.45, 2.75) is 12.8 Å². The molecule has 0 aliphatic heterocycles. The van der Waals surface area contributed by atoms with E-state index in [0.717, 1.165) is 12.8 Å². The minimum Gasteiger partial charge on any atom is -1.00 e. The average molecular weight is 341 g/mol. The summed E-state index contributed by atoms with van der Waals surface area (Å²) in [5.41, 5.74) is 2.77. The molecule has 0 aliphatic carbocycles. The van der Waals surface area contributed by atoms with E-state index in [1.165, 1.54) is 11.1 Å². The van der Waals surface area contributed by atoms with Crippen molar-refractivity contribution < 1.29 is 33.1 Å². The van der Waals surface area contributed by atoms with Gasteiger partial charge in [-0.3, -0.25) is 0 Å². The van der Waals surface area contributed by atoms with Crippen LogP contribution in [0.5, 0.6) is 0 Å². The number of hydrogen-bond acceptors (Lipinski definition) is 0. The Kier molecular flexibility index (Phi) is 5.55. The minimum absolute atomic E-state index is 0. The molecule has 0 saturated carbocycles. The number of nitrogens with zero attached hydrogens (tertiary/aromatic N) is 2. The second kappa shape index (κ2) is 6.69. The van der Waals surface area contributed by atoms with E-state index in [4.69, 9.17) is 0 Å². The van der Waals surface area contributed by atoms with Crippen LogP contribution in [0.2, 0.25) is 0 Å². The molecule has 3 heteroatoms. The number of halogens is 1. The lowest BCUT2D eigenvalue weighted by atomic mass is 10.1. The van der Waals surface area contributed by atoms with Crippen LogP contribution in [-0.4, -0.2) is 0 Å². The predicted molar refractivity (Wildman–Crippen MR) is 62.6 cm³/mol. The molecule has 2 nitrogen and oxygen atoms in total. The molecule has 2 aromatic rings. The Hall–Kier alpha value is -0.970. The molecule has 0 radical (unpaired) electrons. The highest BCUT2D eigenvalue weighted by atomic mass is 127. The highest BCUT2D eigenvalue weighted by molar-refractivity contribution is 5.11. The maximum atomic E-state index is 2.18. The fraction of sp³-hybridized carbons (Fsp3) is 0.286. The van der Waals surface area contributed by atoms with Gasteiger partial charge in [-0.25, -0.2) is 9.13 Å². The summed E-state index contributed by atoms with van der Waals surface area (Å²) in [6.07, 6.45) is 10.7. The van der Waals surface area contributed by atoms with Crippen molar-refractivity contribution in [2.24, 2.45) is 14.1 Å². The van der Waals surface area contributed by atoms with Crippen LogP contribution >= 0.6 is 0 Å². The van der Waals surface area contributed by atoms with E-state index < -0.39 is 0 Å². The number of pyridine rings is 2. The first-order valence-electron chi connectivity index (χ1n) is 5.62. The number of rotatable bonds is 3. The van der Waals surface area contributed by atoms with Gasteiger partial charge in [0.25, 0.3) is 0 Å². The van der Waals surface area contributed by atoms with Crippen LogP contribution in [0.1, 0.15) is 11.1 Å². The van der Waals surface area contributed by atoms with E-state index in [-0.39, 0.29) is 24.0 Å². The van der Waals surface area contributed by atoms with Gasteiger partial charge in [0.1, 0.15) is 14.1 Å². The Morgan fingerprint density at radius 1 is 0.824 bits per heavy atom. The summed E-state index contributed by atoms with van der Waals surface area (Å²) in [4.78, 5) is 0. The van der Waals surface area contributed by atoms with E-state index in [1.807, 2.05) is 0 Å². The minimum atomic E-state index is 0. The van der Waals surface area contributed by atoms with Crippen molar-refractivity contribution in [1.29, 1.82) is 0 Å². The summed E-state index contributed by atoms with van der Waals surface area (Å²) in [6.45, 7) is 0. The van der Waals surface area contributed by atoms with Crippen LogP contribution in [0.3, 0.4) is 0 Å². The largest absolute Gasteiger partial charge is 1.00 e. The molecule has 90 valence electrons. The van der Waals surface area contributed by atoms with E-state index in [1.54, 1.807) is 0 Å². The van der Waals surface area contributed by atoms with Crippen LogP contribution in [0.4, 0.5) is 0 Å². The van der Waals surface area contributed by atoms with Gasteiger partial charge >= 0.3 is 0 Å². The van der Waals surface area contributed by atoms with Gasteiger partial charge in [0, 0.05) is 23.3 Å². The highest BCUT2D eigenvalue weighted by Crippen LogP contribution is 2.03. The lowest BCUT2D eigenvalue weighted by Crippen LogP contribution is -3.00. The average Bonchev–Trinajstić information content (AvgIpc) is 2.27. The molecule has 0 atom stereocenters. The molecule has 0 bridgehead atoms. The summed E-state index contributed by atoms with van der Waals surface area (Å²) in [5.74, 6) is 0. The molecule has 2 rings (SSSR count). The van der Waals surface area contributed by atoms with Crippen LogP contribution in [0.15, 0.2) is 49.1 Å². The summed E-state index contributed by atoms with van der Waals surface area (Å²) in [5, 5.41) is 0. The van der Waals surface area contributed by atoms with E-state index in [0.29, 0.717) is 0 Å². The molecule has 0 N–H and O–H groups in total. The highest BCUT2D eigenvalue weighted by Gasteiger charge is 2.02. The van der Waals surface area contributed by atoms with Gasteiger partial charge in [0.15, 0.2) is 24.8 Å². The fourth-order valence-electron chi connectivity index (χ4n) is 1.88. The zero-order chi connectivity index (χ0) is 11.4. The normalized spacial score (nSPS) is 9.76. The Balaban J connectivity index is 0.00000144. The summed E-state index contributed by atoms with van der Waals surface area (Å²) < 4.78 is 4.20. The molecular weight excluding hydrogens is 323 g/mol. The third-order valence-electron chi connectivity index (χ3n) is 2.70. The molecule has 0 fully saturated rings. The molecule has 0 unspecified atom stereocenters. The van der Waals surface area contributed by atoms with Gasteiger partial charge in [-0.05, 0) is 25.0 Å². The molecule has 0 saturated heterocycles. The molecule has 17 heavy (non-hydrogen) atoms. The van der Waals surface area contributed by atoms with Gasteiger partial charge in [-0.1, -0.05) is 0 Å². The quantitative estimate of drug-likeness (QED) is 0.456. The van der Waals surface area contributed by atoms with E-state index in [9.17, 15) is 0 Å². The van der Waals surface area contributed by atoms with Gasteiger partial charge in [0.05, 0.1) is 0 Å². The van der Waals surface area contributed by atoms with Crippen molar-refractivity contribution in [1.82, 2.24) is 0 Å². The monoisotopic (exact) mass is 341 g/mol. The van der Waals surface area contributed by atoms with Crippen molar-refractivity contribution >= 4 is 0 Å². The third kappa shape index (κ3) is 4.42. The second-order valence-electron chi connectivity index (χ2n) is 4.26. The lowest BCUT2D eigenvalue weighted by molar-refractivity contribution is -0.672. The molecule has 2 heterocycles. The molecule has 0 aromatic carbocycles. The summed E-state index contributed by atoms with van der Waals surface area (Å²) in [7, 11) is 4.12. The molecule has 0 aliphatic rings. The molecule has 0 amide bonds. The van der Waals surface area contributed by atoms with Gasteiger partial charge < -0.3 is 24.0 Å². The molecular formula is C14H18IN2+. The first kappa shape index (κ1) is 14.1.